The Kier molecular flexibility index (Phi) is 3.00. The molecule has 0 aliphatic carbocycles. The van der Waals surface area contributed by atoms with Crippen LogP contribution in [0.1, 0.15) is 33.4 Å². The maximum atomic E-state index is 14.4. The van der Waals surface area contributed by atoms with Crippen LogP contribution in [0.25, 0.3) is 10.9 Å². The largest absolute Gasteiger partial charge is 0.493 e. The monoisotopic (exact) mass is 455 g/mol. The van der Waals surface area contributed by atoms with E-state index >= 15 is 0 Å². The molecule has 0 saturated carbocycles. The number of aromatic nitrogens is 2. The van der Waals surface area contributed by atoms with Gasteiger partial charge in [-0.05, 0) is 68.4 Å². The van der Waals surface area contributed by atoms with E-state index in [4.69, 9.17) is 19.8 Å². The van der Waals surface area contributed by atoms with Crippen LogP contribution in [-0.2, 0) is 0 Å². The molecule has 1 aliphatic heterocycles. The van der Waals surface area contributed by atoms with Gasteiger partial charge >= 0.3 is 0 Å². The van der Waals surface area contributed by atoms with Crippen molar-refractivity contribution in [2.75, 3.05) is 24.9 Å². The molecule has 5 nitrogen and oxygen atoms in total. The van der Waals surface area contributed by atoms with Gasteiger partial charge < -0.3 is 15.4 Å². The Bertz CT molecular complexity index is 1430. The Morgan fingerprint density at radius 1 is 1.36 bits per heavy atom. The molecule has 0 bridgehead atoms. The SMILES string of the molecule is [2H]C1([2H])NC([2H])([2H])C([2H])([2H])C([2H])(C([2H])([2H])Oc2cc3ncnc(Nc4ccc(Br)cc4F)c3cc2C)C1([2H])[2H]. The second kappa shape index (κ2) is 8.41. The van der Waals surface area contributed by atoms with E-state index in [1.165, 1.54) is 31.2 Å². The van der Waals surface area contributed by atoms with Gasteiger partial charge in [-0.25, -0.2) is 14.4 Å². The van der Waals surface area contributed by atoms with Crippen molar-refractivity contribution in [1.82, 2.24) is 15.3 Å². The van der Waals surface area contributed by atoms with Gasteiger partial charge in [0.1, 0.15) is 23.7 Å². The van der Waals surface area contributed by atoms with Gasteiger partial charge in [0.2, 0.25) is 0 Å². The maximum absolute atomic E-state index is 14.4. The highest BCUT2D eigenvalue weighted by molar-refractivity contribution is 9.10. The van der Waals surface area contributed by atoms with Crippen LogP contribution in [0.4, 0.5) is 15.9 Å². The van der Waals surface area contributed by atoms with Gasteiger partial charge in [0.15, 0.2) is 0 Å². The van der Waals surface area contributed by atoms with E-state index in [1.54, 1.807) is 11.4 Å². The molecule has 0 radical (unpaired) electrons. The molecule has 1 fully saturated rings. The highest BCUT2D eigenvalue weighted by Gasteiger charge is 2.15. The third-order valence-electron chi connectivity index (χ3n) is 3.88. The lowest BCUT2D eigenvalue weighted by atomic mass is 9.99. The van der Waals surface area contributed by atoms with Crippen molar-refractivity contribution in [3.05, 3.63) is 52.5 Å². The summed E-state index contributed by atoms with van der Waals surface area (Å²) in [6.07, 6.45) is -6.11. The molecule has 28 heavy (non-hydrogen) atoms. The molecule has 1 aliphatic rings. The smallest absolute Gasteiger partial charge is 0.147 e. The van der Waals surface area contributed by atoms with Crippen LogP contribution < -0.4 is 15.4 Å². The summed E-state index contributed by atoms with van der Waals surface area (Å²) in [4.78, 5) is 8.24. The summed E-state index contributed by atoms with van der Waals surface area (Å²) in [6.45, 7) is -8.84. The number of nitrogens with zero attached hydrogens (tertiary/aromatic N) is 2. The van der Waals surface area contributed by atoms with Crippen LogP contribution in [-0.4, -0.2) is 29.5 Å². The number of halogens is 2. The molecule has 3 aromatic rings. The Hall–Kier alpha value is -2.25. The number of anilines is 2. The Labute approximate surface area is 187 Å². The Balaban J connectivity index is 1.78. The summed E-state index contributed by atoms with van der Waals surface area (Å²) < 4.78 is 111. The van der Waals surface area contributed by atoms with E-state index in [0.717, 1.165) is 6.33 Å². The Morgan fingerprint density at radius 3 is 2.96 bits per heavy atom. The molecule has 2 aromatic carbocycles. The second-order valence-electron chi connectivity index (χ2n) is 5.81. The van der Waals surface area contributed by atoms with Crippen molar-refractivity contribution in [1.29, 1.82) is 0 Å². The standard InChI is InChI=1S/C21H22BrFN4O/c1-13-8-16-19(10-20(13)28-11-14-4-6-24-7-5-14)25-12-26-21(16)27-18-3-2-15(22)9-17(18)23/h2-3,8-10,12,14,24H,4-7,11H2,1H3,(H,25,26,27)/i4D2,5D2,6D2,7D2,11D2,14D. The zero-order valence-corrected chi connectivity index (χ0v) is 16.1. The minimum atomic E-state index is -3.76. The number of rotatable bonds is 5. The molecule has 2 N–H and O–H groups in total. The van der Waals surface area contributed by atoms with E-state index in [-0.39, 0.29) is 28.3 Å². The number of hydrogen-bond donors (Lipinski definition) is 2. The number of fused-ring (bicyclic) bond motifs is 1. The molecule has 1 aromatic heterocycles. The second-order valence-corrected chi connectivity index (χ2v) is 6.73. The molecule has 2 heterocycles. The summed E-state index contributed by atoms with van der Waals surface area (Å²) in [7, 11) is 0. The summed E-state index contributed by atoms with van der Waals surface area (Å²) >= 11 is 3.18. The van der Waals surface area contributed by atoms with Gasteiger partial charge in [-0.15, -0.1) is 0 Å². The lowest BCUT2D eigenvalue weighted by Crippen LogP contribution is -2.30. The van der Waals surface area contributed by atoms with Crippen molar-refractivity contribution in [3.63, 3.8) is 0 Å². The number of benzene rings is 2. The average molecular weight is 456 g/mol. The normalized spacial score (nSPS) is 29.6. The van der Waals surface area contributed by atoms with Gasteiger partial charge in [-0.2, -0.15) is 0 Å². The third kappa shape index (κ3) is 4.25. The number of aryl methyl sites for hydroxylation is 1. The lowest BCUT2D eigenvalue weighted by molar-refractivity contribution is 0.214. The predicted octanol–water partition coefficient (Wildman–Crippen LogP) is 4.96. The zero-order chi connectivity index (χ0) is 29.4. The fourth-order valence-corrected chi connectivity index (χ4v) is 2.86. The van der Waals surface area contributed by atoms with Crippen LogP contribution >= 0.6 is 15.9 Å². The van der Waals surface area contributed by atoms with Gasteiger partial charge in [0.05, 0.1) is 20.5 Å². The van der Waals surface area contributed by atoms with Crippen molar-refractivity contribution in [3.8, 4) is 5.75 Å². The van der Waals surface area contributed by atoms with Crippen LogP contribution in [0.5, 0.6) is 5.75 Å². The maximum Gasteiger partial charge on any atom is 0.147 e. The van der Waals surface area contributed by atoms with Crippen molar-refractivity contribution >= 4 is 38.3 Å². The zero-order valence-electron chi connectivity index (χ0n) is 25.5. The van der Waals surface area contributed by atoms with Crippen LogP contribution in [0.2, 0.25) is 0 Å². The molecule has 4 rings (SSSR count). The predicted molar refractivity (Wildman–Crippen MR) is 113 cm³/mol. The van der Waals surface area contributed by atoms with Crippen molar-refractivity contribution < 1.29 is 24.2 Å². The molecule has 0 amide bonds. The summed E-state index contributed by atoms with van der Waals surface area (Å²) in [5.74, 6) is -4.41. The molecule has 146 valence electrons. The third-order valence-corrected chi connectivity index (χ3v) is 4.37. The topological polar surface area (TPSA) is 59.1 Å². The minimum Gasteiger partial charge on any atom is -0.493 e. The fourth-order valence-electron chi connectivity index (χ4n) is 2.53. The number of nitrogens with one attached hydrogen (secondary N) is 2. The van der Waals surface area contributed by atoms with Gasteiger partial charge in [-0.3, -0.25) is 0 Å². The highest BCUT2D eigenvalue weighted by Crippen LogP contribution is 2.31. The van der Waals surface area contributed by atoms with Gasteiger partial charge in [0, 0.05) is 28.3 Å². The quantitative estimate of drug-likeness (QED) is 0.568. The van der Waals surface area contributed by atoms with Crippen LogP contribution in [0.15, 0.2) is 41.1 Å². The van der Waals surface area contributed by atoms with E-state index < -0.39 is 44.0 Å². The molecule has 1 saturated heterocycles. The molecule has 0 atom stereocenters. The minimum absolute atomic E-state index is 0.113. The number of hydrogen-bond acceptors (Lipinski definition) is 5. The van der Waals surface area contributed by atoms with Crippen LogP contribution in [0.3, 0.4) is 0 Å². The first-order valence-electron chi connectivity index (χ1n) is 13.6. The molecular weight excluding hydrogens is 423 g/mol. The lowest BCUT2D eigenvalue weighted by Gasteiger charge is -2.23. The molecular formula is C21H22BrFN4O. The van der Waals surface area contributed by atoms with Crippen molar-refractivity contribution in [2.45, 2.75) is 19.7 Å². The first-order valence-corrected chi connectivity index (χ1v) is 8.94. The molecule has 7 heteroatoms. The summed E-state index contributed by atoms with van der Waals surface area (Å²) in [5.41, 5.74) is 0.496. The number of ether oxygens (including phenoxy) is 1. The van der Waals surface area contributed by atoms with Crippen LogP contribution in [0, 0.1) is 18.6 Å². The Morgan fingerprint density at radius 2 is 2.18 bits per heavy atom. The summed E-state index contributed by atoms with van der Waals surface area (Å²) in [5, 5.41) is 4.81. The van der Waals surface area contributed by atoms with E-state index in [0.29, 0.717) is 9.86 Å². The van der Waals surface area contributed by atoms with E-state index in [1.807, 2.05) is 0 Å². The highest BCUT2D eigenvalue weighted by atomic mass is 79.9. The average Bonchev–Trinajstić information content (AvgIpc) is 2.79. The van der Waals surface area contributed by atoms with Crippen molar-refractivity contribution in [2.24, 2.45) is 5.89 Å². The fraction of sp³-hybridized carbons (Fsp3) is 0.333. The summed E-state index contributed by atoms with van der Waals surface area (Å²) in [6, 6.07) is 7.04. The van der Waals surface area contributed by atoms with E-state index in [2.05, 4.69) is 31.2 Å². The van der Waals surface area contributed by atoms with Gasteiger partial charge in [0.25, 0.3) is 0 Å². The molecule has 0 spiro atoms. The first-order chi connectivity index (χ1) is 17.7. The number of piperidine rings is 1. The first kappa shape index (κ1) is 9.98. The molecule has 0 unspecified atom stereocenters. The van der Waals surface area contributed by atoms with E-state index in [9.17, 15) is 4.39 Å². The van der Waals surface area contributed by atoms with Gasteiger partial charge in [-0.1, -0.05) is 15.9 Å².